The van der Waals surface area contributed by atoms with Crippen molar-refractivity contribution in [1.82, 2.24) is 5.01 Å². The van der Waals surface area contributed by atoms with E-state index in [-0.39, 0.29) is 11.3 Å². The molecule has 1 aliphatic heterocycles. The Hall–Kier alpha value is -2.57. The second-order valence-corrected chi connectivity index (χ2v) is 3.13. The first-order valence-corrected chi connectivity index (χ1v) is 4.38. The quantitative estimate of drug-likeness (QED) is 0.528. The number of carbonyl (C=O) groups excluding carboxylic acids is 1. The molecule has 2 rings (SSSR count). The van der Waals surface area contributed by atoms with Crippen LogP contribution in [0.3, 0.4) is 0 Å². The lowest BCUT2D eigenvalue weighted by atomic mass is 10.1. The molecule has 78 valence electrons. The Morgan fingerprint density at radius 1 is 1.62 bits per heavy atom. The summed E-state index contributed by atoms with van der Waals surface area (Å²) in [5, 5.41) is 13.5. The Morgan fingerprint density at radius 2 is 2.38 bits per heavy atom. The van der Waals surface area contributed by atoms with Gasteiger partial charge in [-0.25, -0.2) is 9.80 Å². The predicted molar refractivity (Wildman–Crippen MR) is 54.5 cm³/mol. The summed E-state index contributed by atoms with van der Waals surface area (Å²) in [4.78, 5) is 22.4. The molecule has 0 aromatic heterocycles. The highest BCUT2D eigenvalue weighted by atomic mass is 16.4. The third-order valence-electron chi connectivity index (χ3n) is 2.04. The van der Waals surface area contributed by atoms with E-state index in [1.54, 1.807) is 6.08 Å². The molecule has 0 fully saturated rings. The maximum Gasteiger partial charge on any atom is 0.357 e. The maximum absolute atomic E-state index is 11.6. The van der Waals surface area contributed by atoms with Crippen molar-refractivity contribution in [3.63, 3.8) is 0 Å². The molecule has 1 N–H and O–H groups in total. The fraction of sp³-hybridized carbons (Fsp3) is 0.0909. The van der Waals surface area contributed by atoms with Gasteiger partial charge in [0.2, 0.25) is 0 Å². The number of aliphatic carboxylic acids is 1. The van der Waals surface area contributed by atoms with Crippen LogP contribution in [0.2, 0.25) is 0 Å². The highest BCUT2D eigenvalue weighted by Crippen LogP contribution is 2.16. The number of carbonyl (C=O) groups is 2. The largest absolute Gasteiger partial charge is 0.476 e. The van der Waals surface area contributed by atoms with Crippen molar-refractivity contribution in [3.8, 4) is 0 Å². The monoisotopic (exact) mass is 214 g/mol. The van der Waals surface area contributed by atoms with Crippen LogP contribution in [0.15, 0.2) is 45.6 Å². The van der Waals surface area contributed by atoms with Gasteiger partial charge < -0.3 is 5.11 Å². The minimum Gasteiger partial charge on any atom is -0.476 e. The molecule has 1 aliphatic carbocycles. The first kappa shape index (κ1) is 9.97. The van der Waals surface area contributed by atoms with E-state index in [1.165, 1.54) is 13.1 Å². The lowest BCUT2D eigenvalue weighted by molar-refractivity contribution is -0.129. The Morgan fingerprint density at radius 3 is 2.94 bits per heavy atom. The standard InChI is InChI=1S/C11H6N2O3/c1-13-10(14)8(9(12-13)11(15)16)6-7-4-2-3-5-7/h4,6H,1H3,(H,15,16)/b8-6-. The third-order valence-corrected chi connectivity index (χ3v) is 2.04. The number of nitrogens with zero attached hydrogens (tertiary/aromatic N) is 2. The van der Waals surface area contributed by atoms with Gasteiger partial charge in [-0.15, -0.1) is 0 Å². The van der Waals surface area contributed by atoms with Crippen molar-refractivity contribution in [3.05, 3.63) is 40.5 Å². The average Bonchev–Trinajstić information content (AvgIpc) is 2.81. The Kier molecular flexibility index (Phi) is 2.20. The molecular formula is C11H6N2O3. The second-order valence-electron chi connectivity index (χ2n) is 3.13. The molecule has 16 heavy (non-hydrogen) atoms. The Labute approximate surface area is 90.7 Å². The number of amides is 1. The summed E-state index contributed by atoms with van der Waals surface area (Å²) >= 11 is 0. The summed E-state index contributed by atoms with van der Waals surface area (Å²) in [5.74, 6) is -1.68. The third kappa shape index (κ3) is 1.54. The zero-order chi connectivity index (χ0) is 11.7. The molecule has 0 bridgehead atoms. The van der Waals surface area contributed by atoms with Crippen LogP contribution in [-0.2, 0) is 9.59 Å². The van der Waals surface area contributed by atoms with Gasteiger partial charge >= 0.3 is 5.97 Å². The Bertz CT molecular complexity index is 591. The summed E-state index contributed by atoms with van der Waals surface area (Å²) in [5.41, 5.74) is 8.21. The molecule has 2 aliphatic rings. The van der Waals surface area contributed by atoms with Crippen molar-refractivity contribution in [1.29, 1.82) is 0 Å². The molecule has 1 amide bonds. The van der Waals surface area contributed by atoms with Crippen molar-refractivity contribution in [2.75, 3.05) is 7.05 Å². The number of hydrazone groups is 1. The van der Waals surface area contributed by atoms with E-state index < -0.39 is 11.9 Å². The molecule has 0 atom stereocenters. The zero-order valence-corrected chi connectivity index (χ0v) is 8.31. The fourth-order valence-corrected chi connectivity index (χ4v) is 1.30. The summed E-state index contributed by atoms with van der Waals surface area (Å²) < 4.78 is 0. The van der Waals surface area contributed by atoms with Crippen LogP contribution >= 0.6 is 0 Å². The van der Waals surface area contributed by atoms with Crippen LogP contribution in [0, 0.1) is 0 Å². The Balaban J connectivity index is 2.44. The zero-order valence-electron chi connectivity index (χ0n) is 8.31. The van der Waals surface area contributed by atoms with E-state index in [0.717, 1.165) is 5.01 Å². The van der Waals surface area contributed by atoms with Crippen molar-refractivity contribution in [2.24, 2.45) is 5.10 Å². The summed E-state index contributed by atoms with van der Waals surface area (Å²) in [6.45, 7) is 0. The minimum absolute atomic E-state index is 0.0410. The summed E-state index contributed by atoms with van der Waals surface area (Å²) in [6, 6.07) is 0. The van der Waals surface area contributed by atoms with Gasteiger partial charge in [-0.2, -0.15) is 5.10 Å². The molecule has 1 heterocycles. The van der Waals surface area contributed by atoms with Crippen molar-refractivity contribution in [2.45, 2.75) is 0 Å². The first-order chi connectivity index (χ1) is 7.59. The molecule has 0 spiro atoms. The van der Waals surface area contributed by atoms with Gasteiger partial charge in [-0.1, -0.05) is 11.5 Å². The molecule has 0 saturated carbocycles. The molecule has 0 unspecified atom stereocenters. The normalized spacial score (nSPS) is 19.7. The molecule has 5 nitrogen and oxygen atoms in total. The molecule has 0 aromatic carbocycles. The number of carboxylic acids is 1. The molecule has 0 aromatic rings. The minimum atomic E-state index is -1.23. The number of carboxylic acid groups (broad SMARTS) is 1. The van der Waals surface area contributed by atoms with E-state index in [0.29, 0.717) is 5.57 Å². The van der Waals surface area contributed by atoms with Crippen LogP contribution in [0.4, 0.5) is 0 Å². The predicted octanol–water partition coefficient (Wildman–Crippen LogP) is 0.231. The number of rotatable bonds is 2. The van der Waals surface area contributed by atoms with Crippen molar-refractivity contribution >= 4 is 17.6 Å². The summed E-state index contributed by atoms with van der Waals surface area (Å²) in [7, 11) is 1.40. The SMILES string of the molecule is CN1N=C(C(=O)O)/C(=C/C2=C=C=C=C2)C1=O. The van der Waals surface area contributed by atoms with Crippen LogP contribution in [0.5, 0.6) is 0 Å². The van der Waals surface area contributed by atoms with Gasteiger partial charge in [0.15, 0.2) is 5.71 Å². The van der Waals surface area contributed by atoms with Gasteiger partial charge in [0.25, 0.3) is 5.91 Å². The highest BCUT2D eigenvalue weighted by molar-refractivity contribution is 6.50. The summed E-state index contributed by atoms with van der Waals surface area (Å²) in [6.07, 6.45) is 2.96. The van der Waals surface area contributed by atoms with Crippen LogP contribution in [-0.4, -0.2) is 34.8 Å². The van der Waals surface area contributed by atoms with Gasteiger partial charge in [-0.3, -0.25) is 4.79 Å². The topological polar surface area (TPSA) is 70.0 Å². The molecule has 0 saturated heterocycles. The van der Waals surface area contributed by atoms with Crippen LogP contribution in [0.25, 0.3) is 0 Å². The number of likely N-dealkylation sites (N-methyl/N-ethyl adjacent to an activating group) is 1. The highest BCUT2D eigenvalue weighted by Gasteiger charge is 2.32. The van der Waals surface area contributed by atoms with E-state index in [9.17, 15) is 9.59 Å². The molecule has 5 heteroatoms. The number of allylic oxidation sites excluding steroid dienone is 3. The van der Waals surface area contributed by atoms with E-state index in [1.807, 2.05) is 0 Å². The van der Waals surface area contributed by atoms with Gasteiger partial charge in [0.1, 0.15) is 0 Å². The van der Waals surface area contributed by atoms with Gasteiger partial charge in [-0.05, 0) is 11.8 Å². The number of hydrogen-bond acceptors (Lipinski definition) is 3. The van der Waals surface area contributed by atoms with E-state index >= 15 is 0 Å². The average molecular weight is 214 g/mol. The van der Waals surface area contributed by atoms with Crippen LogP contribution < -0.4 is 0 Å². The van der Waals surface area contributed by atoms with Gasteiger partial charge in [0.05, 0.1) is 5.57 Å². The van der Waals surface area contributed by atoms with E-state index in [2.05, 4.69) is 22.3 Å². The lowest BCUT2D eigenvalue weighted by Gasteiger charge is -2.00. The van der Waals surface area contributed by atoms with Crippen LogP contribution in [0.1, 0.15) is 0 Å². The second kappa shape index (κ2) is 3.54. The fourth-order valence-electron chi connectivity index (χ4n) is 1.30. The molecular weight excluding hydrogens is 208 g/mol. The van der Waals surface area contributed by atoms with Gasteiger partial charge in [0, 0.05) is 18.7 Å². The molecule has 0 radical (unpaired) electrons. The smallest absolute Gasteiger partial charge is 0.357 e. The number of hydrogen-bond donors (Lipinski definition) is 1. The first-order valence-electron chi connectivity index (χ1n) is 4.38. The lowest BCUT2D eigenvalue weighted by Crippen LogP contribution is -2.19. The van der Waals surface area contributed by atoms with Crippen molar-refractivity contribution < 1.29 is 14.7 Å². The maximum atomic E-state index is 11.6. The van der Waals surface area contributed by atoms with E-state index in [4.69, 9.17) is 5.11 Å².